The van der Waals surface area contributed by atoms with Gasteiger partial charge in [0.1, 0.15) is 5.75 Å². The summed E-state index contributed by atoms with van der Waals surface area (Å²) in [7, 11) is 6.59. The van der Waals surface area contributed by atoms with Crippen LogP contribution in [-0.4, -0.2) is 68.4 Å². The lowest BCUT2D eigenvalue weighted by atomic mass is 10.2. The third-order valence-electron chi connectivity index (χ3n) is 5.08. The molecule has 0 aliphatic heterocycles. The zero-order valence-corrected chi connectivity index (χ0v) is 23.0. The molecular formula is C26H27N3O13. The van der Waals surface area contributed by atoms with E-state index >= 15 is 0 Å². The first kappa shape index (κ1) is 34.1. The molecule has 3 aromatic carbocycles. The highest BCUT2D eigenvalue weighted by atomic mass is 16.6. The second kappa shape index (κ2) is 16.2. The van der Waals surface area contributed by atoms with E-state index in [-0.39, 0.29) is 34.0 Å². The quantitative estimate of drug-likeness (QED) is 0.165. The predicted molar refractivity (Wildman–Crippen MR) is 146 cm³/mol. The minimum atomic E-state index is -1.15. The molecule has 0 unspecified atom stereocenters. The Kier molecular flexibility index (Phi) is 13.2. The molecule has 3 rings (SSSR count). The molecule has 0 aromatic heterocycles. The number of benzene rings is 3. The number of nitro benzene ring substituents is 2. The van der Waals surface area contributed by atoms with Crippen LogP contribution < -0.4 is 19.9 Å². The molecule has 0 saturated carbocycles. The molecule has 0 heterocycles. The highest BCUT2D eigenvalue weighted by Gasteiger charge is 2.18. The van der Waals surface area contributed by atoms with Gasteiger partial charge < -0.3 is 34.5 Å². The van der Waals surface area contributed by atoms with Gasteiger partial charge in [-0.3, -0.25) is 20.2 Å². The Morgan fingerprint density at radius 2 is 1.00 bits per heavy atom. The lowest BCUT2D eigenvalue weighted by Crippen LogP contribution is -2.02. The van der Waals surface area contributed by atoms with Gasteiger partial charge in [0, 0.05) is 24.3 Å². The van der Waals surface area contributed by atoms with Crippen LogP contribution in [0.3, 0.4) is 0 Å². The number of nitrogens with zero attached hydrogens (tertiary/aromatic N) is 2. The predicted octanol–water partition coefficient (Wildman–Crippen LogP) is 3.76. The number of anilines is 1. The molecular weight excluding hydrogens is 562 g/mol. The number of aromatic carboxylic acids is 1. The number of ether oxygens (including phenoxy) is 5. The van der Waals surface area contributed by atoms with E-state index in [4.69, 9.17) is 25.1 Å². The zero-order valence-electron chi connectivity index (χ0n) is 23.0. The van der Waals surface area contributed by atoms with E-state index in [1.165, 1.54) is 53.7 Å². The van der Waals surface area contributed by atoms with Crippen molar-refractivity contribution in [3.63, 3.8) is 0 Å². The van der Waals surface area contributed by atoms with E-state index < -0.39 is 27.8 Å². The number of esters is 2. The fourth-order valence-electron chi connectivity index (χ4n) is 2.99. The molecule has 0 saturated heterocycles. The summed E-state index contributed by atoms with van der Waals surface area (Å²) in [5.41, 5.74) is 6.20. The standard InChI is InChI=1S/C9H9NO5.C9H11NO3.C8H7NO5/c1-14-8-5-6(9(11)15-2)3-4-7(8)10(12)13;1-12-8-5-6(9(11)13-2)3-4-7(8)10;1-14-7-4-5(8(10)11)2-3-6(7)9(12)13/h3-5H,1-2H3;3-5H,10H2,1-2H3;2-4H,1H3,(H,10,11). The molecule has 0 spiro atoms. The summed E-state index contributed by atoms with van der Waals surface area (Å²) in [6.07, 6.45) is 0. The molecule has 3 aromatic rings. The normalized spacial score (nSPS) is 9.45. The van der Waals surface area contributed by atoms with Crippen LogP contribution in [0.2, 0.25) is 0 Å². The summed E-state index contributed by atoms with van der Waals surface area (Å²) < 4.78 is 23.4. The summed E-state index contributed by atoms with van der Waals surface area (Å²) in [5.74, 6) is -1.68. The van der Waals surface area contributed by atoms with Gasteiger partial charge in [0.15, 0.2) is 11.5 Å². The van der Waals surface area contributed by atoms with Crippen LogP contribution in [-0.2, 0) is 9.47 Å². The third kappa shape index (κ3) is 9.37. The minimum absolute atomic E-state index is 0.0305. The Labute approximate surface area is 238 Å². The van der Waals surface area contributed by atoms with Gasteiger partial charge in [0.25, 0.3) is 0 Å². The SMILES string of the molecule is COC(=O)c1ccc(N)c(OC)c1.COC(=O)c1ccc([N+](=O)[O-])c(OC)c1.COc1cc(C(=O)O)ccc1[N+](=O)[O-]. The van der Waals surface area contributed by atoms with Gasteiger partial charge in [-0.25, -0.2) is 14.4 Å². The maximum atomic E-state index is 11.1. The number of methoxy groups -OCH3 is 5. The van der Waals surface area contributed by atoms with E-state index in [1.807, 2.05) is 0 Å². The average molecular weight is 590 g/mol. The number of carboxylic acid groups (broad SMARTS) is 1. The largest absolute Gasteiger partial charge is 0.495 e. The van der Waals surface area contributed by atoms with Crippen molar-refractivity contribution in [3.8, 4) is 17.2 Å². The van der Waals surface area contributed by atoms with Crippen molar-refractivity contribution < 1.29 is 53.0 Å². The Bertz CT molecular complexity index is 1460. The van der Waals surface area contributed by atoms with Gasteiger partial charge in [0.2, 0.25) is 0 Å². The maximum Gasteiger partial charge on any atom is 0.337 e. The molecule has 0 radical (unpaired) electrons. The third-order valence-corrected chi connectivity index (χ3v) is 5.08. The van der Waals surface area contributed by atoms with Gasteiger partial charge in [-0.15, -0.1) is 0 Å². The highest BCUT2D eigenvalue weighted by molar-refractivity contribution is 5.91. The fourth-order valence-corrected chi connectivity index (χ4v) is 2.99. The van der Waals surface area contributed by atoms with Crippen LogP contribution in [0.15, 0.2) is 54.6 Å². The molecule has 0 fully saturated rings. The number of carboxylic acids is 1. The summed E-state index contributed by atoms with van der Waals surface area (Å²) in [4.78, 5) is 52.5. The van der Waals surface area contributed by atoms with Crippen LogP contribution >= 0.6 is 0 Å². The number of carbonyl (C=O) groups excluding carboxylic acids is 2. The number of rotatable bonds is 8. The summed E-state index contributed by atoms with van der Waals surface area (Å²) in [6.45, 7) is 0. The molecule has 0 aliphatic carbocycles. The Balaban J connectivity index is 0.000000316. The lowest BCUT2D eigenvalue weighted by Gasteiger charge is -2.05. The molecule has 16 nitrogen and oxygen atoms in total. The van der Waals surface area contributed by atoms with Gasteiger partial charge in [-0.1, -0.05) is 0 Å². The van der Waals surface area contributed by atoms with E-state index in [0.717, 1.165) is 18.2 Å². The molecule has 0 atom stereocenters. The van der Waals surface area contributed by atoms with Crippen LogP contribution in [0.5, 0.6) is 17.2 Å². The first-order valence-corrected chi connectivity index (χ1v) is 11.3. The van der Waals surface area contributed by atoms with Crippen molar-refractivity contribution in [2.45, 2.75) is 0 Å². The van der Waals surface area contributed by atoms with Crippen molar-refractivity contribution in [1.29, 1.82) is 0 Å². The first-order chi connectivity index (χ1) is 19.8. The number of nitrogens with two attached hydrogens (primary N) is 1. The zero-order chi connectivity index (χ0) is 32.0. The van der Waals surface area contributed by atoms with Crippen LogP contribution in [0.25, 0.3) is 0 Å². The summed E-state index contributed by atoms with van der Waals surface area (Å²) in [6, 6.07) is 11.9. The van der Waals surface area contributed by atoms with E-state index in [2.05, 4.69) is 9.47 Å². The second-order valence-corrected chi connectivity index (χ2v) is 7.53. The summed E-state index contributed by atoms with van der Waals surface area (Å²) in [5, 5.41) is 29.6. The second-order valence-electron chi connectivity index (χ2n) is 7.53. The molecule has 3 N–H and O–H groups in total. The topological polar surface area (TPSA) is 230 Å². The number of nitrogen functional groups attached to an aromatic ring is 1. The monoisotopic (exact) mass is 589 g/mol. The lowest BCUT2D eigenvalue weighted by molar-refractivity contribution is -0.385. The Morgan fingerprint density at radius 3 is 1.36 bits per heavy atom. The van der Waals surface area contributed by atoms with Crippen molar-refractivity contribution in [3.05, 3.63) is 91.5 Å². The van der Waals surface area contributed by atoms with Crippen molar-refractivity contribution >= 4 is 35.0 Å². The number of carbonyl (C=O) groups is 3. The van der Waals surface area contributed by atoms with Crippen LogP contribution in [0.1, 0.15) is 31.1 Å². The van der Waals surface area contributed by atoms with Gasteiger partial charge in [-0.2, -0.15) is 0 Å². The fraction of sp³-hybridized carbons (Fsp3) is 0.192. The highest BCUT2D eigenvalue weighted by Crippen LogP contribution is 2.28. The van der Waals surface area contributed by atoms with Crippen molar-refractivity contribution in [2.24, 2.45) is 0 Å². The van der Waals surface area contributed by atoms with Crippen LogP contribution in [0, 0.1) is 20.2 Å². The van der Waals surface area contributed by atoms with E-state index in [1.54, 1.807) is 18.2 Å². The Hall–Kier alpha value is -5.93. The Morgan fingerprint density at radius 1 is 0.643 bits per heavy atom. The minimum Gasteiger partial charge on any atom is -0.495 e. The molecule has 224 valence electrons. The smallest absolute Gasteiger partial charge is 0.337 e. The van der Waals surface area contributed by atoms with Crippen molar-refractivity contribution in [2.75, 3.05) is 41.3 Å². The first-order valence-electron chi connectivity index (χ1n) is 11.3. The van der Waals surface area contributed by atoms with Gasteiger partial charge >= 0.3 is 29.3 Å². The molecule has 42 heavy (non-hydrogen) atoms. The van der Waals surface area contributed by atoms with Crippen molar-refractivity contribution in [1.82, 2.24) is 0 Å². The number of hydrogen-bond acceptors (Lipinski definition) is 13. The maximum absolute atomic E-state index is 11.1. The van der Waals surface area contributed by atoms with Gasteiger partial charge in [-0.05, 0) is 30.3 Å². The molecule has 0 bridgehead atoms. The van der Waals surface area contributed by atoms with Gasteiger partial charge in [0.05, 0.1) is 67.8 Å². The number of hydrogen-bond donors (Lipinski definition) is 2. The van der Waals surface area contributed by atoms with E-state index in [0.29, 0.717) is 17.0 Å². The van der Waals surface area contributed by atoms with E-state index in [9.17, 15) is 34.6 Å². The molecule has 16 heteroatoms. The number of nitro groups is 2. The summed E-state index contributed by atoms with van der Waals surface area (Å²) >= 11 is 0. The average Bonchev–Trinajstić information content (AvgIpc) is 3.00. The van der Waals surface area contributed by atoms with Crippen LogP contribution in [0.4, 0.5) is 17.1 Å². The molecule has 0 amide bonds. The molecule has 0 aliphatic rings.